The van der Waals surface area contributed by atoms with Crippen molar-refractivity contribution in [3.63, 3.8) is 0 Å². The average Bonchev–Trinajstić information content (AvgIpc) is 2.81. The summed E-state index contributed by atoms with van der Waals surface area (Å²) in [5.74, 6) is -3.50. The van der Waals surface area contributed by atoms with Crippen LogP contribution in [0.15, 0.2) is 51.2 Å². The number of hydrogen-bond donors (Lipinski definition) is 5. The number of halogens is 3. The van der Waals surface area contributed by atoms with Gasteiger partial charge in [-0.25, -0.2) is 13.2 Å². The van der Waals surface area contributed by atoms with Crippen LogP contribution in [-0.4, -0.2) is 55.8 Å². The summed E-state index contributed by atoms with van der Waals surface area (Å²) in [7, 11) is -2.58. The molecular formula is C21H27F3N6O7S. The van der Waals surface area contributed by atoms with E-state index in [4.69, 9.17) is 26.2 Å². The number of sulfonamides is 1. The molecule has 0 radical (unpaired) electrons. The van der Waals surface area contributed by atoms with Gasteiger partial charge < -0.3 is 26.7 Å². The standard InChI is InChI=1S/C19H26N6O5S.C2HF3O2/c1-12-5-4-6-14(11-12)31(28,29)24-15-8-7-13(2)25(18(15)27)16(17(26)22-3)9-10-30-23-19(20)21;3-2(4,5)1(6)7/h4-8,11,16,24H,9-10H2,1-3H3,(H,22,26)(H4,20,21,23);(H,6,7). The number of hydrogen-bond acceptors (Lipinski definition) is 7. The van der Waals surface area contributed by atoms with Gasteiger partial charge in [-0.15, -0.1) is 0 Å². The van der Waals surface area contributed by atoms with Gasteiger partial charge in [0.25, 0.3) is 15.6 Å². The van der Waals surface area contributed by atoms with Crippen LogP contribution in [0.2, 0.25) is 0 Å². The summed E-state index contributed by atoms with van der Waals surface area (Å²) in [6.45, 7) is 3.34. The number of guanidine groups is 1. The van der Waals surface area contributed by atoms with Gasteiger partial charge in [0.1, 0.15) is 18.3 Å². The molecule has 1 aromatic heterocycles. The maximum Gasteiger partial charge on any atom is 0.490 e. The monoisotopic (exact) mass is 564 g/mol. The number of nitrogens with one attached hydrogen (secondary N) is 2. The van der Waals surface area contributed by atoms with Gasteiger partial charge in [-0.1, -0.05) is 12.1 Å². The zero-order chi connectivity index (χ0) is 29.3. The molecule has 210 valence electrons. The number of carbonyl (C=O) groups is 2. The number of anilines is 1. The largest absolute Gasteiger partial charge is 0.490 e. The molecule has 1 atom stereocenters. The Morgan fingerprint density at radius 2 is 1.79 bits per heavy atom. The van der Waals surface area contributed by atoms with Crippen molar-refractivity contribution in [3.8, 4) is 0 Å². The smallest absolute Gasteiger partial charge is 0.475 e. The van der Waals surface area contributed by atoms with Gasteiger partial charge in [-0.2, -0.15) is 13.2 Å². The minimum absolute atomic E-state index is 0.0208. The minimum Gasteiger partial charge on any atom is -0.475 e. The van der Waals surface area contributed by atoms with Crippen molar-refractivity contribution in [1.29, 1.82) is 0 Å². The number of alkyl halides is 3. The van der Waals surface area contributed by atoms with Gasteiger partial charge >= 0.3 is 12.1 Å². The Morgan fingerprint density at radius 1 is 1.18 bits per heavy atom. The van der Waals surface area contributed by atoms with E-state index in [0.717, 1.165) is 5.56 Å². The number of amides is 1. The van der Waals surface area contributed by atoms with Gasteiger partial charge in [0.2, 0.25) is 11.9 Å². The van der Waals surface area contributed by atoms with Crippen molar-refractivity contribution >= 4 is 33.5 Å². The van der Waals surface area contributed by atoms with Gasteiger partial charge in [0, 0.05) is 19.2 Å². The fraction of sp³-hybridized carbons (Fsp3) is 0.333. The normalized spacial score (nSPS) is 11.8. The molecule has 0 saturated heterocycles. The third-order valence-electron chi connectivity index (χ3n) is 4.62. The van der Waals surface area contributed by atoms with Gasteiger partial charge in [0.05, 0.1) is 4.90 Å². The number of nitrogens with two attached hydrogens (primary N) is 2. The molecule has 0 spiro atoms. The molecule has 1 heterocycles. The van der Waals surface area contributed by atoms with Crippen molar-refractivity contribution < 1.29 is 41.1 Å². The van der Waals surface area contributed by atoms with Crippen LogP contribution in [0.4, 0.5) is 18.9 Å². The first-order valence-corrected chi connectivity index (χ1v) is 12.0. The van der Waals surface area contributed by atoms with Crippen LogP contribution < -0.4 is 27.1 Å². The maximum absolute atomic E-state index is 13.1. The number of rotatable bonds is 9. The first kappa shape index (κ1) is 31.7. The molecule has 38 heavy (non-hydrogen) atoms. The highest BCUT2D eigenvalue weighted by Gasteiger charge is 2.38. The van der Waals surface area contributed by atoms with Crippen LogP contribution in [0.5, 0.6) is 0 Å². The summed E-state index contributed by atoms with van der Waals surface area (Å²) in [5, 5.41) is 13.0. The Kier molecular flexibility index (Phi) is 11.1. The van der Waals surface area contributed by atoms with Crippen molar-refractivity contribution in [1.82, 2.24) is 9.88 Å². The van der Waals surface area contributed by atoms with E-state index in [0.29, 0.717) is 5.69 Å². The molecule has 0 aliphatic rings. The van der Waals surface area contributed by atoms with Crippen LogP contribution in [0.1, 0.15) is 23.7 Å². The fourth-order valence-electron chi connectivity index (χ4n) is 2.93. The minimum atomic E-state index is -5.08. The summed E-state index contributed by atoms with van der Waals surface area (Å²) < 4.78 is 60.7. The highest BCUT2D eigenvalue weighted by molar-refractivity contribution is 7.92. The second-order valence-corrected chi connectivity index (χ2v) is 9.24. The number of pyridine rings is 1. The van der Waals surface area contributed by atoms with E-state index < -0.39 is 39.7 Å². The second-order valence-electron chi connectivity index (χ2n) is 7.56. The molecule has 17 heteroatoms. The first-order chi connectivity index (χ1) is 17.5. The van der Waals surface area contributed by atoms with Crippen molar-refractivity contribution in [3.05, 3.63) is 58.0 Å². The predicted octanol–water partition coefficient (Wildman–Crippen LogP) is 0.781. The van der Waals surface area contributed by atoms with Gasteiger partial charge in [-0.05, 0) is 48.8 Å². The van der Waals surface area contributed by atoms with Crippen LogP contribution in [0.3, 0.4) is 0 Å². The number of oxime groups is 1. The Labute approximate surface area is 215 Å². The summed E-state index contributed by atoms with van der Waals surface area (Å²) in [5.41, 5.74) is 10.7. The third-order valence-corrected chi connectivity index (χ3v) is 5.98. The Morgan fingerprint density at radius 3 is 2.29 bits per heavy atom. The maximum atomic E-state index is 13.1. The van der Waals surface area contributed by atoms with Gasteiger partial charge in [-0.3, -0.25) is 18.9 Å². The number of carboxylic acids is 1. The molecule has 0 aliphatic heterocycles. The van der Waals surface area contributed by atoms with E-state index in [2.05, 4.69) is 15.2 Å². The topological polar surface area (TPSA) is 208 Å². The van der Waals surface area contributed by atoms with Crippen molar-refractivity contribution in [2.45, 2.75) is 37.4 Å². The number of carbonyl (C=O) groups excluding carboxylic acids is 1. The second kappa shape index (κ2) is 13.3. The van der Waals surface area contributed by atoms with Crippen LogP contribution >= 0.6 is 0 Å². The number of likely N-dealkylation sites (N-methyl/N-ethyl adjacent to an activating group) is 1. The lowest BCUT2D eigenvalue weighted by molar-refractivity contribution is -0.192. The molecule has 7 N–H and O–H groups in total. The Bertz CT molecular complexity index is 1340. The van der Waals surface area contributed by atoms with E-state index in [1.807, 2.05) is 0 Å². The molecule has 1 aromatic carbocycles. The van der Waals surface area contributed by atoms with Gasteiger partial charge in [0.15, 0.2) is 0 Å². The highest BCUT2D eigenvalue weighted by atomic mass is 32.2. The number of aryl methyl sites for hydroxylation is 2. The fourth-order valence-corrected chi connectivity index (χ4v) is 4.09. The lowest BCUT2D eigenvalue weighted by Crippen LogP contribution is -2.38. The zero-order valence-electron chi connectivity index (χ0n) is 20.4. The molecule has 0 saturated carbocycles. The lowest BCUT2D eigenvalue weighted by Gasteiger charge is -2.21. The van der Waals surface area contributed by atoms with E-state index >= 15 is 0 Å². The molecule has 0 fully saturated rings. The van der Waals surface area contributed by atoms with E-state index in [1.54, 1.807) is 32.0 Å². The van der Waals surface area contributed by atoms with E-state index in [1.165, 1.54) is 29.8 Å². The molecule has 2 rings (SSSR count). The number of aliphatic carboxylic acids is 1. The quantitative estimate of drug-likeness (QED) is 0.126. The third kappa shape index (κ3) is 9.30. The number of carboxylic acid groups (broad SMARTS) is 1. The van der Waals surface area contributed by atoms with Crippen LogP contribution in [-0.2, 0) is 24.4 Å². The first-order valence-electron chi connectivity index (χ1n) is 10.6. The Balaban J connectivity index is 0.000000905. The number of nitrogens with zero attached hydrogens (tertiary/aromatic N) is 2. The summed E-state index contributed by atoms with van der Waals surface area (Å²) in [6.07, 6.45) is -5.02. The Hall–Kier alpha value is -4.28. The van der Waals surface area contributed by atoms with Crippen molar-refractivity contribution in [2.75, 3.05) is 18.4 Å². The molecule has 0 aliphatic carbocycles. The SMILES string of the molecule is CNC(=O)C(CCON=C(N)N)n1c(C)ccc(NS(=O)(=O)c2cccc(C)c2)c1=O.O=C(O)C(F)(F)F. The van der Waals surface area contributed by atoms with Crippen LogP contribution in [0.25, 0.3) is 0 Å². The number of benzene rings is 1. The number of aromatic nitrogens is 1. The molecule has 1 amide bonds. The molecular weight excluding hydrogens is 537 g/mol. The van der Waals surface area contributed by atoms with E-state index in [9.17, 15) is 31.2 Å². The van der Waals surface area contributed by atoms with E-state index in [-0.39, 0.29) is 29.6 Å². The molecule has 0 bridgehead atoms. The highest BCUT2D eigenvalue weighted by Crippen LogP contribution is 2.18. The summed E-state index contributed by atoms with van der Waals surface area (Å²) in [6, 6.07) is 8.21. The zero-order valence-corrected chi connectivity index (χ0v) is 21.3. The molecule has 13 nitrogen and oxygen atoms in total. The predicted molar refractivity (Wildman–Crippen MR) is 131 cm³/mol. The summed E-state index contributed by atoms with van der Waals surface area (Å²) >= 11 is 0. The molecule has 1 unspecified atom stereocenters. The van der Waals surface area contributed by atoms with Crippen molar-refractivity contribution in [2.24, 2.45) is 16.6 Å². The molecule has 2 aromatic rings. The van der Waals surface area contributed by atoms with Crippen LogP contribution in [0, 0.1) is 13.8 Å². The lowest BCUT2D eigenvalue weighted by atomic mass is 10.1. The summed E-state index contributed by atoms with van der Waals surface area (Å²) in [4.78, 5) is 39.4. The average molecular weight is 565 g/mol.